The highest BCUT2D eigenvalue weighted by molar-refractivity contribution is 7.22. The Balaban J connectivity index is 1.63. The molecule has 7 heteroatoms. The summed E-state index contributed by atoms with van der Waals surface area (Å²) in [6, 6.07) is 20.0. The second kappa shape index (κ2) is 7.53. The van der Waals surface area contributed by atoms with Gasteiger partial charge >= 0.3 is 0 Å². The number of amides is 1. The van der Waals surface area contributed by atoms with Gasteiger partial charge in [-0.25, -0.2) is 4.98 Å². The zero-order valence-corrected chi connectivity index (χ0v) is 16.5. The molecule has 0 aliphatic heterocycles. The molecule has 0 bridgehead atoms. The zero-order valence-electron chi connectivity index (χ0n) is 15.7. The van der Waals surface area contributed by atoms with E-state index in [4.69, 9.17) is 4.42 Å². The molecule has 0 saturated heterocycles. The molecule has 1 amide bonds. The Hall–Kier alpha value is -3.84. The summed E-state index contributed by atoms with van der Waals surface area (Å²) < 4.78 is 6.52. The lowest BCUT2D eigenvalue weighted by Gasteiger charge is -2.19. The monoisotopic (exact) mass is 413 g/mol. The van der Waals surface area contributed by atoms with E-state index in [1.54, 1.807) is 30.5 Å². The van der Waals surface area contributed by atoms with Crippen molar-refractivity contribution in [2.75, 3.05) is 4.90 Å². The number of thiazole rings is 1. The Morgan fingerprint density at radius 2 is 1.80 bits per heavy atom. The lowest BCUT2D eigenvalue weighted by molar-refractivity contribution is 0.0982. The smallest absolute Gasteiger partial charge is 0.267 e. The first-order chi connectivity index (χ1) is 14.7. The van der Waals surface area contributed by atoms with Crippen LogP contribution in [0.5, 0.6) is 0 Å². The Kier molecular flexibility index (Phi) is 4.57. The summed E-state index contributed by atoms with van der Waals surface area (Å²) in [6.45, 7) is 0.186. The maximum absolute atomic E-state index is 13.5. The summed E-state index contributed by atoms with van der Waals surface area (Å²) in [4.78, 5) is 36.9. The normalized spacial score (nSPS) is 11.1. The van der Waals surface area contributed by atoms with E-state index < -0.39 is 5.91 Å². The van der Waals surface area contributed by atoms with E-state index in [1.165, 1.54) is 22.5 Å². The first-order valence-corrected chi connectivity index (χ1v) is 10.1. The third-order valence-corrected chi connectivity index (χ3v) is 5.77. The molecule has 0 atom stereocenters. The van der Waals surface area contributed by atoms with Crippen LogP contribution in [-0.2, 0) is 6.54 Å². The fraction of sp³-hybridized carbons (Fsp3) is 0.0435. The van der Waals surface area contributed by atoms with Crippen molar-refractivity contribution in [2.24, 2.45) is 0 Å². The minimum atomic E-state index is -0.473. The minimum Gasteiger partial charge on any atom is -0.463 e. The summed E-state index contributed by atoms with van der Waals surface area (Å²) in [7, 11) is 0. The first kappa shape index (κ1) is 18.2. The van der Waals surface area contributed by atoms with Gasteiger partial charge in [0.15, 0.2) is 5.13 Å². The molecule has 0 aliphatic rings. The molecule has 5 aromatic rings. The van der Waals surface area contributed by atoms with E-state index >= 15 is 0 Å². The zero-order chi connectivity index (χ0) is 20.5. The molecule has 0 fully saturated rings. The number of rotatable bonds is 4. The number of nitrogens with zero attached hydrogens (tertiary/aromatic N) is 3. The number of aromatic nitrogens is 2. The number of pyridine rings is 1. The number of hydrogen-bond acceptors (Lipinski definition) is 6. The Morgan fingerprint density at radius 1 is 1.00 bits per heavy atom. The van der Waals surface area contributed by atoms with E-state index in [0.29, 0.717) is 21.8 Å². The van der Waals surface area contributed by atoms with Crippen molar-refractivity contribution < 1.29 is 9.21 Å². The van der Waals surface area contributed by atoms with Crippen LogP contribution < -0.4 is 10.3 Å². The van der Waals surface area contributed by atoms with Crippen LogP contribution in [-0.4, -0.2) is 15.9 Å². The van der Waals surface area contributed by atoms with Crippen molar-refractivity contribution in [1.29, 1.82) is 0 Å². The van der Waals surface area contributed by atoms with Crippen LogP contribution in [0.2, 0.25) is 0 Å². The quantitative estimate of drug-likeness (QED) is 0.429. The minimum absolute atomic E-state index is 0.0381. The Morgan fingerprint density at radius 3 is 2.63 bits per heavy atom. The molecule has 2 aromatic carbocycles. The highest BCUT2D eigenvalue weighted by Crippen LogP contribution is 2.30. The van der Waals surface area contributed by atoms with Crippen LogP contribution in [0, 0.1) is 0 Å². The van der Waals surface area contributed by atoms with Gasteiger partial charge in [0.2, 0.25) is 5.43 Å². The molecule has 0 unspecified atom stereocenters. The standard InChI is InChI=1S/C23H15N3O3S/c27-21-16-8-1-3-10-19(16)29-14-17(21)22(28)26(13-15-7-5-6-12-24-15)23-25-18-9-2-4-11-20(18)30-23/h1-12,14H,13H2. The summed E-state index contributed by atoms with van der Waals surface area (Å²) >= 11 is 1.39. The largest absolute Gasteiger partial charge is 0.463 e. The van der Waals surface area contributed by atoms with Gasteiger partial charge in [-0.05, 0) is 36.4 Å². The Bertz CT molecular complexity index is 1390. The molecule has 3 aromatic heterocycles. The average molecular weight is 413 g/mol. The van der Waals surface area contributed by atoms with Gasteiger partial charge in [0.1, 0.15) is 17.4 Å². The molecule has 5 rings (SSSR count). The van der Waals surface area contributed by atoms with Crippen molar-refractivity contribution in [3.05, 3.63) is 101 Å². The van der Waals surface area contributed by atoms with Gasteiger partial charge in [0, 0.05) is 6.20 Å². The highest BCUT2D eigenvalue weighted by atomic mass is 32.1. The maximum atomic E-state index is 13.5. The number of fused-ring (bicyclic) bond motifs is 2. The van der Waals surface area contributed by atoms with Crippen molar-refractivity contribution in [2.45, 2.75) is 6.54 Å². The summed E-state index contributed by atoms with van der Waals surface area (Å²) in [6.07, 6.45) is 2.90. The van der Waals surface area contributed by atoms with E-state index in [2.05, 4.69) is 9.97 Å². The summed E-state index contributed by atoms with van der Waals surface area (Å²) in [5, 5.41) is 0.866. The predicted octanol–water partition coefficient (Wildman–Crippen LogP) is 4.64. The molecular formula is C23H15N3O3S. The highest BCUT2D eigenvalue weighted by Gasteiger charge is 2.25. The lowest BCUT2D eigenvalue weighted by atomic mass is 10.1. The lowest BCUT2D eigenvalue weighted by Crippen LogP contribution is -2.34. The van der Waals surface area contributed by atoms with Crippen LogP contribution in [0.3, 0.4) is 0 Å². The molecule has 3 heterocycles. The number of anilines is 1. The molecule has 30 heavy (non-hydrogen) atoms. The first-order valence-electron chi connectivity index (χ1n) is 9.28. The summed E-state index contributed by atoms with van der Waals surface area (Å²) in [5.41, 5.74) is 1.52. The average Bonchev–Trinajstić information content (AvgIpc) is 3.22. The number of para-hydroxylation sites is 2. The number of benzene rings is 2. The van der Waals surface area contributed by atoms with Crippen LogP contribution >= 0.6 is 11.3 Å². The van der Waals surface area contributed by atoms with Gasteiger partial charge in [-0.2, -0.15) is 0 Å². The third-order valence-electron chi connectivity index (χ3n) is 4.72. The van der Waals surface area contributed by atoms with E-state index in [1.807, 2.05) is 42.5 Å². The Labute approximate surface area is 175 Å². The van der Waals surface area contributed by atoms with Crippen LogP contribution in [0.1, 0.15) is 16.1 Å². The van der Waals surface area contributed by atoms with Crippen molar-refractivity contribution in [3.63, 3.8) is 0 Å². The molecule has 0 aliphatic carbocycles. The topological polar surface area (TPSA) is 76.3 Å². The fourth-order valence-corrected chi connectivity index (χ4v) is 4.19. The van der Waals surface area contributed by atoms with Crippen LogP contribution in [0.15, 0.2) is 88.4 Å². The molecule has 146 valence electrons. The predicted molar refractivity (Wildman–Crippen MR) is 117 cm³/mol. The molecule has 0 radical (unpaired) electrons. The van der Waals surface area contributed by atoms with Crippen molar-refractivity contribution in [3.8, 4) is 0 Å². The second-order valence-corrected chi connectivity index (χ2v) is 7.66. The second-order valence-electron chi connectivity index (χ2n) is 6.65. The number of carbonyl (C=O) groups is 1. The fourth-order valence-electron chi connectivity index (χ4n) is 3.23. The van der Waals surface area contributed by atoms with Gasteiger partial charge in [-0.3, -0.25) is 19.5 Å². The van der Waals surface area contributed by atoms with Gasteiger partial charge in [-0.1, -0.05) is 41.7 Å². The van der Waals surface area contributed by atoms with E-state index in [9.17, 15) is 9.59 Å². The number of carbonyl (C=O) groups excluding carboxylic acids is 1. The van der Waals surface area contributed by atoms with E-state index in [0.717, 1.165) is 10.2 Å². The van der Waals surface area contributed by atoms with Gasteiger partial charge in [0.05, 0.1) is 27.8 Å². The molecular weight excluding hydrogens is 398 g/mol. The molecule has 0 spiro atoms. The van der Waals surface area contributed by atoms with Crippen molar-refractivity contribution >= 4 is 43.6 Å². The molecule has 0 N–H and O–H groups in total. The SMILES string of the molecule is O=C(c1coc2ccccc2c1=O)N(Cc1ccccn1)c1nc2ccccc2s1. The van der Waals surface area contributed by atoms with Gasteiger partial charge < -0.3 is 4.42 Å². The molecule has 6 nitrogen and oxygen atoms in total. The van der Waals surface area contributed by atoms with E-state index in [-0.39, 0.29) is 17.5 Å². The maximum Gasteiger partial charge on any atom is 0.267 e. The van der Waals surface area contributed by atoms with Gasteiger partial charge in [-0.15, -0.1) is 0 Å². The third kappa shape index (κ3) is 3.25. The van der Waals surface area contributed by atoms with Crippen LogP contribution in [0.4, 0.5) is 5.13 Å². The number of hydrogen-bond donors (Lipinski definition) is 0. The van der Waals surface area contributed by atoms with Crippen LogP contribution in [0.25, 0.3) is 21.2 Å². The summed E-state index contributed by atoms with van der Waals surface area (Å²) in [5.74, 6) is -0.473. The van der Waals surface area contributed by atoms with Gasteiger partial charge in [0.25, 0.3) is 5.91 Å². The molecule has 0 saturated carbocycles. The van der Waals surface area contributed by atoms with Crippen molar-refractivity contribution in [1.82, 2.24) is 9.97 Å².